The first-order chi connectivity index (χ1) is 4.81. The van der Waals surface area contributed by atoms with Crippen LogP contribution in [0.5, 0.6) is 0 Å². The zero-order valence-corrected chi connectivity index (χ0v) is 6.70. The standard InChI is InChI=1S/C6H10N2OS/c1-2-6(9)8-4-3-7-5-10/h2-4H2,1H3,(H,8,9). The highest BCUT2D eigenvalue weighted by atomic mass is 32.1. The third-order valence-electron chi connectivity index (χ3n) is 0.931. The number of hydrogen-bond donors (Lipinski definition) is 1. The summed E-state index contributed by atoms with van der Waals surface area (Å²) in [6.07, 6.45) is 0.515. The maximum Gasteiger partial charge on any atom is 0.219 e. The second kappa shape index (κ2) is 6.39. The highest BCUT2D eigenvalue weighted by Crippen LogP contribution is 1.73. The maximum absolute atomic E-state index is 10.6. The van der Waals surface area contributed by atoms with E-state index in [9.17, 15) is 4.79 Å². The third kappa shape index (κ3) is 5.41. The van der Waals surface area contributed by atoms with Crippen molar-refractivity contribution in [3.63, 3.8) is 0 Å². The Morgan fingerprint density at radius 2 is 2.50 bits per heavy atom. The van der Waals surface area contributed by atoms with Gasteiger partial charge in [-0.15, -0.1) is 0 Å². The van der Waals surface area contributed by atoms with Crippen molar-refractivity contribution in [2.45, 2.75) is 13.3 Å². The molecule has 0 unspecified atom stereocenters. The average Bonchev–Trinajstić information content (AvgIpc) is 1.98. The van der Waals surface area contributed by atoms with Gasteiger partial charge in [-0.2, -0.15) is 0 Å². The molecule has 0 heterocycles. The van der Waals surface area contributed by atoms with E-state index < -0.39 is 0 Å². The molecule has 0 aliphatic heterocycles. The molecule has 56 valence electrons. The van der Waals surface area contributed by atoms with Gasteiger partial charge < -0.3 is 5.32 Å². The molecular formula is C6H10N2OS. The lowest BCUT2D eigenvalue weighted by molar-refractivity contribution is -0.120. The molecule has 0 aromatic heterocycles. The molecule has 3 nitrogen and oxygen atoms in total. The number of nitrogens with one attached hydrogen (secondary N) is 1. The van der Waals surface area contributed by atoms with Crippen LogP contribution in [-0.4, -0.2) is 24.2 Å². The summed E-state index contributed by atoms with van der Waals surface area (Å²) < 4.78 is 0. The number of thiocarbonyl (C=S) groups is 1. The number of rotatable bonds is 4. The van der Waals surface area contributed by atoms with Gasteiger partial charge in [0.05, 0.1) is 11.7 Å². The summed E-state index contributed by atoms with van der Waals surface area (Å²) in [5.74, 6) is 0.0413. The summed E-state index contributed by atoms with van der Waals surface area (Å²) in [6, 6.07) is 0. The normalized spacial score (nSPS) is 8.10. The van der Waals surface area contributed by atoms with Crippen LogP contribution >= 0.6 is 12.2 Å². The number of isothiocyanates is 1. The van der Waals surface area contributed by atoms with Crippen LogP contribution in [-0.2, 0) is 4.79 Å². The molecule has 0 rings (SSSR count). The van der Waals surface area contributed by atoms with Crippen molar-refractivity contribution in [1.82, 2.24) is 5.32 Å². The van der Waals surface area contributed by atoms with E-state index in [4.69, 9.17) is 0 Å². The first-order valence-corrected chi connectivity index (χ1v) is 3.52. The first-order valence-electron chi connectivity index (χ1n) is 3.11. The van der Waals surface area contributed by atoms with Crippen molar-refractivity contribution in [2.24, 2.45) is 4.99 Å². The van der Waals surface area contributed by atoms with Crippen molar-refractivity contribution in [2.75, 3.05) is 13.1 Å². The molecule has 4 heteroatoms. The molecule has 0 spiro atoms. The van der Waals surface area contributed by atoms with Crippen LogP contribution in [0.1, 0.15) is 13.3 Å². The molecule has 0 fully saturated rings. The monoisotopic (exact) mass is 158 g/mol. The molecule has 0 aromatic carbocycles. The van der Waals surface area contributed by atoms with Gasteiger partial charge >= 0.3 is 0 Å². The molecular weight excluding hydrogens is 148 g/mol. The van der Waals surface area contributed by atoms with Crippen molar-refractivity contribution in [1.29, 1.82) is 0 Å². The number of nitrogens with zero attached hydrogens (tertiary/aromatic N) is 1. The Hall–Kier alpha value is -0.730. The van der Waals surface area contributed by atoms with E-state index in [0.29, 0.717) is 19.5 Å². The van der Waals surface area contributed by atoms with Crippen LogP contribution in [0.4, 0.5) is 0 Å². The predicted molar refractivity (Wildman–Crippen MR) is 43.2 cm³/mol. The van der Waals surface area contributed by atoms with Crippen LogP contribution in [0.25, 0.3) is 0 Å². The van der Waals surface area contributed by atoms with Crippen molar-refractivity contribution >= 4 is 23.3 Å². The molecule has 0 aliphatic carbocycles. The highest BCUT2D eigenvalue weighted by molar-refractivity contribution is 7.78. The Morgan fingerprint density at radius 1 is 1.80 bits per heavy atom. The van der Waals surface area contributed by atoms with E-state index in [1.165, 1.54) is 0 Å². The molecule has 0 aromatic rings. The molecule has 1 N–H and O–H groups in total. The minimum atomic E-state index is 0.0413. The minimum absolute atomic E-state index is 0.0413. The SMILES string of the molecule is CCC(=O)NCCN=C=S. The smallest absolute Gasteiger partial charge is 0.219 e. The summed E-state index contributed by atoms with van der Waals surface area (Å²) in [5.41, 5.74) is 0. The number of aliphatic imine (C=N–C) groups is 1. The summed E-state index contributed by atoms with van der Waals surface area (Å²) >= 11 is 4.33. The Bertz CT molecular complexity index is 152. The third-order valence-corrected chi connectivity index (χ3v) is 1.06. The Kier molecular flexibility index (Phi) is 5.92. The fourth-order valence-corrected chi connectivity index (χ4v) is 0.513. The zero-order chi connectivity index (χ0) is 7.82. The lowest BCUT2D eigenvalue weighted by Gasteiger charge is -1.97. The van der Waals surface area contributed by atoms with Gasteiger partial charge in [0.2, 0.25) is 5.91 Å². The van der Waals surface area contributed by atoms with E-state index in [1.807, 2.05) is 0 Å². The van der Waals surface area contributed by atoms with Gasteiger partial charge in [0.25, 0.3) is 0 Å². The lowest BCUT2D eigenvalue weighted by atomic mass is 10.4. The first kappa shape index (κ1) is 9.27. The van der Waals surface area contributed by atoms with E-state index >= 15 is 0 Å². The van der Waals surface area contributed by atoms with Gasteiger partial charge in [-0.25, -0.2) is 4.99 Å². The van der Waals surface area contributed by atoms with E-state index in [-0.39, 0.29) is 5.91 Å². The molecule has 0 bridgehead atoms. The van der Waals surface area contributed by atoms with Gasteiger partial charge in [-0.05, 0) is 12.2 Å². The molecule has 10 heavy (non-hydrogen) atoms. The molecule has 0 radical (unpaired) electrons. The minimum Gasteiger partial charge on any atom is -0.354 e. The van der Waals surface area contributed by atoms with E-state index in [1.54, 1.807) is 6.92 Å². The number of carbonyl (C=O) groups excluding carboxylic acids is 1. The topological polar surface area (TPSA) is 41.5 Å². The quantitative estimate of drug-likeness (QED) is 0.370. The van der Waals surface area contributed by atoms with E-state index in [0.717, 1.165) is 0 Å². The lowest BCUT2D eigenvalue weighted by Crippen LogP contribution is -2.24. The largest absolute Gasteiger partial charge is 0.354 e. The van der Waals surface area contributed by atoms with Crippen LogP contribution in [0.3, 0.4) is 0 Å². The summed E-state index contributed by atoms with van der Waals surface area (Å²) in [4.78, 5) is 14.2. The van der Waals surface area contributed by atoms with Gasteiger partial charge in [0.1, 0.15) is 0 Å². The zero-order valence-electron chi connectivity index (χ0n) is 5.89. The predicted octanol–water partition coefficient (Wildman–Crippen LogP) is 0.615. The van der Waals surface area contributed by atoms with Gasteiger partial charge in [0, 0.05) is 13.0 Å². The summed E-state index contributed by atoms with van der Waals surface area (Å²) in [6.45, 7) is 2.88. The van der Waals surface area contributed by atoms with Crippen molar-refractivity contribution in [3.8, 4) is 0 Å². The van der Waals surface area contributed by atoms with Gasteiger partial charge in [0.15, 0.2) is 0 Å². The van der Waals surface area contributed by atoms with Crippen LogP contribution in [0, 0.1) is 0 Å². The molecule has 0 aliphatic rings. The number of carbonyl (C=O) groups is 1. The van der Waals surface area contributed by atoms with E-state index in [2.05, 4.69) is 27.7 Å². The fraction of sp³-hybridized carbons (Fsp3) is 0.667. The summed E-state index contributed by atoms with van der Waals surface area (Å²) in [5, 5.41) is 4.86. The van der Waals surface area contributed by atoms with Gasteiger partial charge in [-0.1, -0.05) is 6.92 Å². The fourth-order valence-electron chi connectivity index (χ4n) is 0.422. The molecule has 0 saturated heterocycles. The molecule has 0 atom stereocenters. The van der Waals surface area contributed by atoms with Crippen molar-refractivity contribution < 1.29 is 4.79 Å². The Balaban J connectivity index is 3.19. The van der Waals surface area contributed by atoms with Gasteiger partial charge in [-0.3, -0.25) is 4.79 Å². The molecule has 1 amide bonds. The highest BCUT2D eigenvalue weighted by Gasteiger charge is 1.91. The Labute approximate surface area is 65.5 Å². The van der Waals surface area contributed by atoms with Crippen molar-refractivity contribution in [3.05, 3.63) is 0 Å². The Morgan fingerprint density at radius 3 is 3.00 bits per heavy atom. The second-order valence-corrected chi connectivity index (χ2v) is 1.86. The molecule has 0 saturated carbocycles. The van der Waals surface area contributed by atoms with Crippen LogP contribution in [0.2, 0.25) is 0 Å². The summed E-state index contributed by atoms with van der Waals surface area (Å²) in [7, 11) is 0. The maximum atomic E-state index is 10.6. The number of amides is 1. The van der Waals surface area contributed by atoms with Crippen LogP contribution < -0.4 is 5.32 Å². The average molecular weight is 158 g/mol. The number of hydrogen-bond acceptors (Lipinski definition) is 3. The second-order valence-electron chi connectivity index (χ2n) is 1.68. The van der Waals surface area contributed by atoms with Crippen LogP contribution in [0.15, 0.2) is 4.99 Å².